The number of halogens is 6. The minimum Gasteiger partial charge on any atom is -0.447 e. The highest BCUT2D eigenvalue weighted by Gasteiger charge is 2.29. The van der Waals surface area contributed by atoms with E-state index in [-0.39, 0.29) is 48.3 Å². The second kappa shape index (κ2) is 18.8. The van der Waals surface area contributed by atoms with Gasteiger partial charge in [0.15, 0.2) is 0 Å². The molecule has 4 amide bonds. The standard InChI is InChI=1S/C33H31Cl2F4N5O5.CH4/c1-43(29(45)14-13-21-9-5-11-24(36)30(21)34)23(19-48-33(47)41-28-15-26(42-49-28)20-7-3-2-4-8-20)17-44(18-27(38)39)32(46)40-16-22-10-6-12-25(37)31(22)35;/h2-12,15,23,27H,13-14,16-19H2,1H3,(H,40,46)(H,41,47);1H4/t23-;/m0./s1. The van der Waals surface area contributed by atoms with E-state index < -0.39 is 61.8 Å². The van der Waals surface area contributed by atoms with Crippen LogP contribution in [-0.4, -0.2) is 72.2 Å². The second-order valence-corrected chi connectivity index (χ2v) is 11.5. The number of likely N-dealkylation sites (N-methyl/N-ethyl adjacent to an activating group) is 1. The first-order chi connectivity index (χ1) is 23.4. The van der Waals surface area contributed by atoms with Crippen molar-refractivity contribution in [3.63, 3.8) is 0 Å². The Morgan fingerprint density at radius 2 is 1.56 bits per heavy atom. The van der Waals surface area contributed by atoms with Gasteiger partial charge in [-0.05, 0) is 29.7 Å². The van der Waals surface area contributed by atoms with Gasteiger partial charge in [0.1, 0.15) is 23.9 Å². The summed E-state index contributed by atoms with van der Waals surface area (Å²) >= 11 is 12.0. The van der Waals surface area contributed by atoms with Gasteiger partial charge >= 0.3 is 12.1 Å². The lowest BCUT2D eigenvalue weighted by Gasteiger charge is -2.33. The number of amides is 4. The third-order valence-electron chi connectivity index (χ3n) is 7.33. The third kappa shape index (κ3) is 11.1. The maximum Gasteiger partial charge on any atom is 0.414 e. The molecular weight excluding hydrogens is 705 g/mol. The van der Waals surface area contributed by atoms with E-state index in [0.717, 1.165) is 21.4 Å². The van der Waals surface area contributed by atoms with Crippen molar-refractivity contribution in [3.8, 4) is 11.3 Å². The van der Waals surface area contributed by atoms with Crippen LogP contribution in [0.5, 0.6) is 0 Å². The van der Waals surface area contributed by atoms with E-state index >= 15 is 0 Å². The zero-order valence-electron chi connectivity index (χ0n) is 26.0. The highest BCUT2D eigenvalue weighted by atomic mass is 35.5. The number of anilines is 1. The molecule has 50 heavy (non-hydrogen) atoms. The van der Waals surface area contributed by atoms with E-state index in [4.69, 9.17) is 32.5 Å². The monoisotopic (exact) mass is 739 g/mol. The van der Waals surface area contributed by atoms with Crippen molar-refractivity contribution >= 4 is 47.1 Å². The molecule has 16 heteroatoms. The van der Waals surface area contributed by atoms with Crippen molar-refractivity contribution in [3.05, 3.63) is 106 Å². The van der Waals surface area contributed by atoms with Crippen LogP contribution in [0.15, 0.2) is 77.3 Å². The van der Waals surface area contributed by atoms with E-state index in [1.165, 1.54) is 37.4 Å². The average Bonchev–Trinajstić information content (AvgIpc) is 3.55. The highest BCUT2D eigenvalue weighted by molar-refractivity contribution is 6.31. The fourth-order valence-electron chi connectivity index (χ4n) is 4.67. The van der Waals surface area contributed by atoms with Crippen LogP contribution < -0.4 is 10.6 Å². The topological polar surface area (TPSA) is 117 Å². The number of aromatic nitrogens is 1. The fraction of sp³-hybridized carbons (Fsp3) is 0.294. The van der Waals surface area contributed by atoms with Crippen molar-refractivity contribution in [1.29, 1.82) is 0 Å². The zero-order chi connectivity index (χ0) is 35.5. The lowest BCUT2D eigenvalue weighted by Crippen LogP contribution is -2.52. The zero-order valence-corrected chi connectivity index (χ0v) is 27.5. The number of ether oxygens (including phenoxy) is 1. The van der Waals surface area contributed by atoms with Crippen LogP contribution in [-0.2, 0) is 22.5 Å². The second-order valence-electron chi connectivity index (χ2n) is 10.7. The lowest BCUT2D eigenvalue weighted by molar-refractivity contribution is -0.133. The van der Waals surface area contributed by atoms with Gasteiger partial charge in [-0.2, -0.15) is 0 Å². The first kappa shape index (κ1) is 39.6. The molecule has 3 aromatic carbocycles. The summed E-state index contributed by atoms with van der Waals surface area (Å²) in [4.78, 5) is 41.0. The fourth-order valence-corrected chi connectivity index (χ4v) is 5.08. The van der Waals surface area contributed by atoms with Crippen LogP contribution in [0.25, 0.3) is 11.3 Å². The van der Waals surface area contributed by atoms with Crippen molar-refractivity contribution in [2.45, 2.75) is 39.3 Å². The summed E-state index contributed by atoms with van der Waals surface area (Å²) in [5.74, 6) is -1.98. The Morgan fingerprint density at radius 1 is 0.920 bits per heavy atom. The molecule has 1 aromatic heterocycles. The van der Waals surface area contributed by atoms with E-state index in [1.807, 2.05) is 6.07 Å². The molecule has 10 nitrogen and oxygen atoms in total. The Kier molecular flexibility index (Phi) is 14.9. The minimum absolute atomic E-state index is 0. The van der Waals surface area contributed by atoms with Crippen LogP contribution in [0.1, 0.15) is 25.0 Å². The quantitative estimate of drug-likeness (QED) is 0.127. The molecule has 0 spiro atoms. The molecule has 2 N–H and O–H groups in total. The Hall–Kier alpha value is -4.82. The molecule has 0 bridgehead atoms. The molecule has 1 atom stereocenters. The number of benzene rings is 3. The van der Waals surface area contributed by atoms with E-state index in [1.54, 1.807) is 30.3 Å². The van der Waals surface area contributed by atoms with Gasteiger partial charge in [0.2, 0.25) is 11.8 Å². The van der Waals surface area contributed by atoms with Crippen LogP contribution >= 0.6 is 23.2 Å². The first-order valence-electron chi connectivity index (χ1n) is 14.8. The SMILES string of the molecule is C.CN(C(=O)CCc1cccc(F)c1Cl)[C@H](COC(=O)Nc1cc(-c2ccccc2)no1)CN(CC(F)F)C(=O)NCc1cccc(F)c1Cl. The Labute approximate surface area is 296 Å². The molecule has 0 aliphatic rings. The summed E-state index contributed by atoms with van der Waals surface area (Å²) in [5.41, 5.74) is 1.73. The predicted molar refractivity (Wildman–Crippen MR) is 181 cm³/mol. The van der Waals surface area contributed by atoms with Gasteiger partial charge in [-0.3, -0.25) is 10.1 Å². The number of rotatable bonds is 14. The van der Waals surface area contributed by atoms with Gasteiger partial charge in [-0.15, -0.1) is 0 Å². The molecule has 0 aliphatic heterocycles. The maximum atomic E-state index is 13.9. The van der Waals surface area contributed by atoms with Crippen molar-refractivity contribution in [2.75, 3.05) is 32.1 Å². The van der Waals surface area contributed by atoms with Crippen LogP contribution in [0, 0.1) is 11.6 Å². The molecule has 0 saturated heterocycles. The number of alkyl halides is 2. The Morgan fingerprint density at radius 3 is 2.22 bits per heavy atom. The Bertz CT molecular complexity index is 1750. The number of carbonyl (C=O) groups excluding carboxylic acids is 3. The van der Waals surface area contributed by atoms with Gasteiger partial charge in [-0.1, -0.05) is 90.4 Å². The summed E-state index contributed by atoms with van der Waals surface area (Å²) in [5, 5.41) is 8.31. The van der Waals surface area contributed by atoms with Crippen LogP contribution in [0.3, 0.4) is 0 Å². The summed E-state index contributed by atoms with van der Waals surface area (Å²) < 4.78 is 65.6. The molecule has 4 aromatic rings. The predicted octanol–water partition coefficient (Wildman–Crippen LogP) is 8.05. The molecular formula is C34H35Cl2F4N5O5. The largest absolute Gasteiger partial charge is 0.447 e. The normalized spacial score (nSPS) is 11.4. The summed E-state index contributed by atoms with van der Waals surface area (Å²) in [6.07, 6.45) is -4.13. The first-order valence-corrected chi connectivity index (χ1v) is 15.6. The van der Waals surface area contributed by atoms with E-state index in [0.29, 0.717) is 11.3 Å². The molecule has 268 valence electrons. The molecule has 1 heterocycles. The molecule has 4 rings (SSSR count). The number of carbonyl (C=O) groups is 3. The van der Waals surface area contributed by atoms with Gasteiger partial charge in [0.05, 0.1) is 22.6 Å². The highest BCUT2D eigenvalue weighted by Crippen LogP contribution is 2.23. The number of hydrogen-bond donors (Lipinski definition) is 2. The number of aryl methyl sites for hydroxylation is 1. The van der Waals surface area contributed by atoms with Crippen LogP contribution in [0.4, 0.5) is 33.0 Å². The average molecular weight is 741 g/mol. The third-order valence-corrected chi connectivity index (χ3v) is 8.18. The van der Waals surface area contributed by atoms with Crippen molar-refractivity contribution in [2.24, 2.45) is 0 Å². The molecule has 0 aliphatic carbocycles. The summed E-state index contributed by atoms with van der Waals surface area (Å²) in [6, 6.07) is 16.4. The summed E-state index contributed by atoms with van der Waals surface area (Å²) in [6.45, 7) is -2.39. The van der Waals surface area contributed by atoms with E-state index in [2.05, 4.69) is 15.8 Å². The Balaban J connectivity index is 0.00000676. The molecule has 0 radical (unpaired) electrons. The smallest absolute Gasteiger partial charge is 0.414 e. The van der Waals surface area contributed by atoms with Crippen molar-refractivity contribution < 1.29 is 41.2 Å². The number of nitrogens with one attached hydrogen (secondary N) is 2. The molecule has 0 unspecified atom stereocenters. The number of nitrogens with zero attached hydrogens (tertiary/aromatic N) is 3. The summed E-state index contributed by atoms with van der Waals surface area (Å²) in [7, 11) is 1.34. The maximum absolute atomic E-state index is 13.9. The lowest BCUT2D eigenvalue weighted by atomic mass is 10.1. The van der Waals surface area contributed by atoms with Crippen LogP contribution in [0.2, 0.25) is 10.0 Å². The van der Waals surface area contributed by atoms with Gasteiger partial charge in [-0.25, -0.2) is 27.2 Å². The van der Waals surface area contributed by atoms with E-state index in [9.17, 15) is 31.9 Å². The number of urea groups is 1. The van der Waals surface area contributed by atoms with Crippen molar-refractivity contribution in [1.82, 2.24) is 20.3 Å². The molecule has 0 saturated carbocycles. The number of hydrogen-bond acceptors (Lipinski definition) is 6. The van der Waals surface area contributed by atoms with Gasteiger partial charge in [0.25, 0.3) is 6.43 Å². The molecule has 0 fully saturated rings. The van der Waals surface area contributed by atoms with Gasteiger partial charge < -0.3 is 24.4 Å². The van der Waals surface area contributed by atoms with Gasteiger partial charge in [0, 0.05) is 38.2 Å². The minimum atomic E-state index is -2.98.